The third kappa shape index (κ3) is 4.64. The van der Waals surface area contributed by atoms with Crippen LogP contribution < -0.4 is 10.6 Å². The quantitative estimate of drug-likeness (QED) is 0.718. The van der Waals surface area contributed by atoms with Gasteiger partial charge in [-0.3, -0.25) is 4.79 Å². The number of piperidine rings is 1. The average molecular weight is 239 g/mol. The summed E-state index contributed by atoms with van der Waals surface area (Å²) in [4.78, 5) is 14.0. The van der Waals surface area contributed by atoms with E-state index in [1.54, 1.807) is 0 Å². The normalized spacial score (nSPS) is 22.6. The Bertz CT molecular complexity index is 245. The molecule has 1 aliphatic carbocycles. The van der Waals surface area contributed by atoms with Crippen LogP contribution in [0, 0.1) is 0 Å². The van der Waals surface area contributed by atoms with Gasteiger partial charge in [-0.05, 0) is 45.3 Å². The molecule has 0 atom stereocenters. The highest BCUT2D eigenvalue weighted by molar-refractivity contribution is 5.76. The van der Waals surface area contributed by atoms with Crippen molar-refractivity contribution in [2.75, 3.05) is 26.2 Å². The van der Waals surface area contributed by atoms with E-state index in [0.717, 1.165) is 26.2 Å². The van der Waals surface area contributed by atoms with Crippen molar-refractivity contribution in [2.24, 2.45) is 0 Å². The molecule has 1 heterocycles. The van der Waals surface area contributed by atoms with Crippen molar-refractivity contribution in [3.05, 3.63) is 0 Å². The second-order valence-electron chi connectivity index (χ2n) is 5.27. The number of amides is 1. The van der Waals surface area contributed by atoms with E-state index in [9.17, 15) is 4.79 Å². The van der Waals surface area contributed by atoms with Crippen LogP contribution in [0.25, 0.3) is 0 Å². The first kappa shape index (κ1) is 12.8. The van der Waals surface area contributed by atoms with Crippen molar-refractivity contribution in [2.45, 2.75) is 51.1 Å². The lowest BCUT2D eigenvalue weighted by molar-refractivity contribution is -0.121. The fraction of sp³-hybridized carbons (Fsp3) is 0.923. The summed E-state index contributed by atoms with van der Waals surface area (Å²) in [5, 5.41) is 6.54. The van der Waals surface area contributed by atoms with Crippen LogP contribution in [0.1, 0.15) is 39.0 Å². The minimum absolute atomic E-state index is 0.237. The van der Waals surface area contributed by atoms with E-state index in [4.69, 9.17) is 0 Å². The number of hydrogen-bond donors (Lipinski definition) is 2. The molecule has 2 N–H and O–H groups in total. The number of likely N-dealkylation sites (tertiary alicyclic amines) is 1. The van der Waals surface area contributed by atoms with Gasteiger partial charge in [0.15, 0.2) is 0 Å². The summed E-state index contributed by atoms with van der Waals surface area (Å²) < 4.78 is 0. The molecular weight excluding hydrogens is 214 g/mol. The van der Waals surface area contributed by atoms with Gasteiger partial charge >= 0.3 is 0 Å². The molecule has 1 saturated carbocycles. The predicted molar refractivity (Wildman–Crippen MR) is 68.9 cm³/mol. The Balaban J connectivity index is 1.55. The molecule has 2 rings (SSSR count). The van der Waals surface area contributed by atoms with E-state index < -0.39 is 0 Å². The number of nitrogens with one attached hydrogen (secondary N) is 2. The lowest BCUT2D eigenvalue weighted by atomic mass is 10.0. The highest BCUT2D eigenvalue weighted by Gasteiger charge is 2.24. The number of carbonyl (C=O) groups is 1. The summed E-state index contributed by atoms with van der Waals surface area (Å²) in [7, 11) is 0. The Labute approximate surface area is 104 Å². The summed E-state index contributed by atoms with van der Waals surface area (Å²) >= 11 is 0. The van der Waals surface area contributed by atoms with Gasteiger partial charge in [0.25, 0.3) is 0 Å². The molecule has 98 valence electrons. The third-order valence-electron chi connectivity index (χ3n) is 3.68. The van der Waals surface area contributed by atoms with Gasteiger partial charge in [0.05, 0.1) is 0 Å². The zero-order valence-electron chi connectivity index (χ0n) is 10.9. The number of carbonyl (C=O) groups excluding carboxylic acids is 1. The Morgan fingerprint density at radius 1 is 1.18 bits per heavy atom. The second-order valence-corrected chi connectivity index (χ2v) is 5.27. The van der Waals surface area contributed by atoms with Crippen LogP contribution in [0.5, 0.6) is 0 Å². The van der Waals surface area contributed by atoms with Gasteiger partial charge in [-0.15, -0.1) is 0 Å². The lowest BCUT2D eigenvalue weighted by Crippen LogP contribution is -2.43. The average Bonchev–Trinajstić information content (AvgIpc) is 3.12. The largest absolute Gasteiger partial charge is 0.353 e. The molecule has 4 nitrogen and oxygen atoms in total. The maximum absolute atomic E-state index is 11.6. The van der Waals surface area contributed by atoms with E-state index in [-0.39, 0.29) is 5.91 Å². The van der Waals surface area contributed by atoms with Gasteiger partial charge in [0, 0.05) is 25.0 Å². The van der Waals surface area contributed by atoms with Crippen LogP contribution in [0.15, 0.2) is 0 Å². The van der Waals surface area contributed by atoms with Gasteiger partial charge in [-0.2, -0.15) is 0 Å². The molecule has 17 heavy (non-hydrogen) atoms. The summed E-state index contributed by atoms with van der Waals surface area (Å²) in [5.41, 5.74) is 0. The van der Waals surface area contributed by atoms with Crippen molar-refractivity contribution >= 4 is 5.91 Å². The number of nitrogens with zero attached hydrogens (tertiary/aromatic N) is 1. The molecule has 4 heteroatoms. The first-order valence-electron chi connectivity index (χ1n) is 7.03. The summed E-state index contributed by atoms with van der Waals surface area (Å²) in [6.45, 7) is 6.42. The third-order valence-corrected chi connectivity index (χ3v) is 3.68. The first-order valence-corrected chi connectivity index (χ1v) is 7.03. The fourth-order valence-electron chi connectivity index (χ4n) is 2.44. The van der Waals surface area contributed by atoms with Gasteiger partial charge in [-0.25, -0.2) is 0 Å². The smallest absolute Gasteiger partial charge is 0.221 e. The highest BCUT2D eigenvalue weighted by atomic mass is 16.1. The van der Waals surface area contributed by atoms with Crippen molar-refractivity contribution in [1.29, 1.82) is 0 Å². The lowest BCUT2D eigenvalue weighted by Gasteiger charge is -2.32. The topological polar surface area (TPSA) is 44.4 Å². The predicted octanol–water partition coefficient (Wildman–Crippen LogP) is 0.729. The molecule has 2 fully saturated rings. The van der Waals surface area contributed by atoms with E-state index >= 15 is 0 Å². The van der Waals surface area contributed by atoms with Crippen LogP contribution in [-0.4, -0.2) is 49.1 Å². The zero-order valence-corrected chi connectivity index (χ0v) is 10.9. The van der Waals surface area contributed by atoms with Gasteiger partial charge < -0.3 is 15.5 Å². The fourth-order valence-corrected chi connectivity index (χ4v) is 2.44. The molecule has 0 spiro atoms. The number of hydrogen-bond acceptors (Lipinski definition) is 3. The minimum Gasteiger partial charge on any atom is -0.353 e. The van der Waals surface area contributed by atoms with Crippen LogP contribution in [0.2, 0.25) is 0 Å². The van der Waals surface area contributed by atoms with E-state index in [1.807, 2.05) is 0 Å². The van der Waals surface area contributed by atoms with Crippen LogP contribution in [0.4, 0.5) is 0 Å². The van der Waals surface area contributed by atoms with Gasteiger partial charge in [0.1, 0.15) is 0 Å². The van der Waals surface area contributed by atoms with E-state index in [1.165, 1.54) is 25.7 Å². The maximum Gasteiger partial charge on any atom is 0.221 e. The van der Waals surface area contributed by atoms with Gasteiger partial charge in [-0.1, -0.05) is 6.92 Å². The van der Waals surface area contributed by atoms with E-state index in [2.05, 4.69) is 22.5 Å². The Hall–Kier alpha value is -0.610. The molecule has 0 bridgehead atoms. The Morgan fingerprint density at radius 3 is 2.47 bits per heavy atom. The van der Waals surface area contributed by atoms with E-state index in [0.29, 0.717) is 18.5 Å². The van der Waals surface area contributed by atoms with Crippen LogP contribution >= 0.6 is 0 Å². The molecule has 0 unspecified atom stereocenters. The Kier molecular flexibility index (Phi) is 4.80. The molecule has 0 aromatic rings. The Morgan fingerprint density at radius 2 is 1.88 bits per heavy atom. The van der Waals surface area contributed by atoms with Crippen LogP contribution in [0.3, 0.4) is 0 Å². The standard InChI is InChI=1S/C13H25N3O/c1-2-14-11-5-8-16(9-6-11)10-7-13(17)15-12-3-4-12/h11-12,14H,2-10H2,1H3,(H,15,17). The van der Waals surface area contributed by atoms with Gasteiger partial charge in [0.2, 0.25) is 5.91 Å². The number of rotatable bonds is 6. The molecule has 1 amide bonds. The molecule has 1 saturated heterocycles. The minimum atomic E-state index is 0.237. The monoisotopic (exact) mass is 239 g/mol. The zero-order chi connectivity index (χ0) is 12.1. The van der Waals surface area contributed by atoms with Crippen molar-refractivity contribution < 1.29 is 4.79 Å². The van der Waals surface area contributed by atoms with Crippen LogP contribution in [-0.2, 0) is 4.79 Å². The van der Waals surface area contributed by atoms with Crippen molar-refractivity contribution in [3.63, 3.8) is 0 Å². The summed E-state index contributed by atoms with van der Waals surface area (Å²) in [6.07, 6.45) is 5.47. The van der Waals surface area contributed by atoms with Crippen molar-refractivity contribution in [3.8, 4) is 0 Å². The molecule has 0 radical (unpaired) electrons. The SMILES string of the molecule is CCNC1CCN(CCC(=O)NC2CC2)CC1. The summed E-state index contributed by atoms with van der Waals surface area (Å²) in [5.74, 6) is 0.237. The summed E-state index contributed by atoms with van der Waals surface area (Å²) in [6, 6.07) is 1.19. The molecular formula is C13H25N3O. The molecule has 0 aromatic heterocycles. The molecule has 2 aliphatic rings. The second kappa shape index (κ2) is 6.36. The maximum atomic E-state index is 11.6. The molecule has 1 aliphatic heterocycles. The highest BCUT2D eigenvalue weighted by Crippen LogP contribution is 2.18. The van der Waals surface area contributed by atoms with Crippen molar-refractivity contribution in [1.82, 2.24) is 15.5 Å². The molecule has 0 aromatic carbocycles. The first-order chi connectivity index (χ1) is 8.28.